The molecule has 1 aromatic heterocycles. The first-order chi connectivity index (χ1) is 16.0. The number of carbonyl (C=O) groups excluding carboxylic acids is 1. The molecule has 2 aliphatic carbocycles. The average Bonchev–Trinajstić information content (AvgIpc) is 3.40. The molecular formula is C27H32N4O2. The highest BCUT2D eigenvalue weighted by Gasteiger charge is 2.60. The molecule has 1 amide bonds. The SMILES string of the molecule is CC#CCN1C[C@H]2C[C@@]2(c2ccc(-c3cnc(N)c(C(=O)N[C@H]4CC[C@H](O)CC4)c3)cc2)C1. The Labute approximate surface area is 195 Å². The van der Waals surface area contributed by atoms with Crippen LogP contribution < -0.4 is 11.1 Å². The molecule has 6 heteroatoms. The van der Waals surface area contributed by atoms with Crippen LogP contribution in [0.5, 0.6) is 0 Å². The molecule has 0 spiro atoms. The van der Waals surface area contributed by atoms with Gasteiger partial charge >= 0.3 is 0 Å². The van der Waals surface area contributed by atoms with Crippen LogP contribution in [-0.2, 0) is 5.41 Å². The number of aliphatic hydroxyl groups excluding tert-OH is 1. The fraction of sp³-hybridized carbons (Fsp3) is 0.481. The number of hydrogen-bond acceptors (Lipinski definition) is 5. The zero-order valence-corrected chi connectivity index (χ0v) is 19.2. The van der Waals surface area contributed by atoms with Crippen molar-refractivity contribution in [2.24, 2.45) is 5.92 Å². The van der Waals surface area contributed by atoms with Gasteiger partial charge in [-0.05, 0) is 62.1 Å². The van der Waals surface area contributed by atoms with E-state index in [9.17, 15) is 9.90 Å². The maximum absolute atomic E-state index is 12.9. The summed E-state index contributed by atoms with van der Waals surface area (Å²) in [6, 6.07) is 10.6. The second-order valence-corrected chi connectivity index (χ2v) is 9.87. The van der Waals surface area contributed by atoms with Gasteiger partial charge in [-0.3, -0.25) is 9.69 Å². The summed E-state index contributed by atoms with van der Waals surface area (Å²) in [5.41, 5.74) is 10.0. The number of fused-ring (bicyclic) bond motifs is 1. The molecule has 2 aromatic rings. The van der Waals surface area contributed by atoms with Crippen LogP contribution in [0.3, 0.4) is 0 Å². The third-order valence-corrected chi connectivity index (χ3v) is 7.68. The van der Waals surface area contributed by atoms with Crippen molar-refractivity contribution >= 4 is 11.7 Å². The molecule has 0 bridgehead atoms. The number of pyridine rings is 1. The summed E-state index contributed by atoms with van der Waals surface area (Å²) >= 11 is 0. The largest absolute Gasteiger partial charge is 0.393 e. The minimum Gasteiger partial charge on any atom is -0.393 e. The Morgan fingerprint density at radius 3 is 2.73 bits per heavy atom. The summed E-state index contributed by atoms with van der Waals surface area (Å²) in [6.45, 7) is 4.97. The molecule has 33 heavy (non-hydrogen) atoms. The van der Waals surface area contributed by atoms with Gasteiger partial charge < -0.3 is 16.2 Å². The second kappa shape index (κ2) is 8.81. The Bertz CT molecular complexity index is 1100. The standard InChI is InChI=1S/C27H32N4O2/c1-2-3-12-31-16-21-14-27(21,17-31)20-6-4-18(5-7-20)19-13-24(25(28)29-15-19)26(33)30-22-8-10-23(32)11-9-22/h4-7,13,15,21-23,32H,8-12,14,16-17H2,1H3,(H2,28,29)(H,30,33)/t21-,22-,23-,27+/m1/s1. The molecule has 3 fully saturated rings. The quantitative estimate of drug-likeness (QED) is 0.617. The van der Waals surface area contributed by atoms with E-state index in [0.29, 0.717) is 5.56 Å². The molecule has 2 saturated carbocycles. The average molecular weight is 445 g/mol. The number of benzene rings is 1. The van der Waals surface area contributed by atoms with Crippen LogP contribution in [0.2, 0.25) is 0 Å². The monoisotopic (exact) mass is 444 g/mol. The maximum atomic E-state index is 12.9. The number of aromatic nitrogens is 1. The lowest BCUT2D eigenvalue weighted by molar-refractivity contribution is 0.0868. The Morgan fingerprint density at radius 2 is 2.00 bits per heavy atom. The summed E-state index contributed by atoms with van der Waals surface area (Å²) in [6.07, 6.45) is 5.75. The Kier molecular flexibility index (Phi) is 5.86. The lowest BCUT2D eigenvalue weighted by Gasteiger charge is -2.26. The summed E-state index contributed by atoms with van der Waals surface area (Å²) in [5.74, 6) is 6.97. The minimum absolute atomic E-state index is 0.0725. The number of nitrogens with one attached hydrogen (secondary N) is 1. The number of carbonyl (C=O) groups is 1. The zero-order chi connectivity index (χ0) is 23.0. The number of nitrogens with two attached hydrogens (primary N) is 1. The summed E-state index contributed by atoms with van der Waals surface area (Å²) < 4.78 is 0. The van der Waals surface area contributed by atoms with Crippen molar-refractivity contribution in [3.05, 3.63) is 47.7 Å². The van der Waals surface area contributed by atoms with Crippen LogP contribution >= 0.6 is 0 Å². The van der Waals surface area contributed by atoms with Gasteiger partial charge in [0.05, 0.1) is 18.2 Å². The van der Waals surface area contributed by atoms with Gasteiger partial charge in [-0.1, -0.05) is 30.2 Å². The molecular weight excluding hydrogens is 412 g/mol. The van der Waals surface area contributed by atoms with Crippen LogP contribution in [0.25, 0.3) is 11.1 Å². The van der Waals surface area contributed by atoms with Gasteiger partial charge in [0.2, 0.25) is 0 Å². The van der Waals surface area contributed by atoms with Crippen molar-refractivity contribution in [1.29, 1.82) is 0 Å². The predicted molar refractivity (Wildman–Crippen MR) is 129 cm³/mol. The van der Waals surface area contributed by atoms with Gasteiger partial charge in [-0.25, -0.2) is 4.98 Å². The summed E-state index contributed by atoms with van der Waals surface area (Å²) in [5, 5.41) is 12.8. The van der Waals surface area contributed by atoms with Crippen molar-refractivity contribution in [3.63, 3.8) is 0 Å². The van der Waals surface area contributed by atoms with Crippen molar-refractivity contribution in [3.8, 4) is 23.0 Å². The molecule has 3 aliphatic rings. The Morgan fingerprint density at radius 1 is 1.24 bits per heavy atom. The second-order valence-electron chi connectivity index (χ2n) is 9.87. The van der Waals surface area contributed by atoms with Gasteiger partial charge in [-0.2, -0.15) is 0 Å². The first kappa shape index (κ1) is 21.9. The summed E-state index contributed by atoms with van der Waals surface area (Å²) in [7, 11) is 0. The lowest BCUT2D eigenvalue weighted by Crippen LogP contribution is -2.38. The van der Waals surface area contributed by atoms with E-state index in [4.69, 9.17) is 5.73 Å². The fourth-order valence-corrected chi connectivity index (χ4v) is 5.64. The highest BCUT2D eigenvalue weighted by Crippen LogP contribution is 2.59. The number of anilines is 1. The van der Waals surface area contributed by atoms with Crippen molar-refractivity contribution in [2.45, 2.75) is 56.6 Å². The van der Waals surface area contributed by atoms with E-state index in [0.717, 1.165) is 62.4 Å². The normalized spacial score (nSPS) is 28.5. The van der Waals surface area contributed by atoms with E-state index in [-0.39, 0.29) is 29.3 Å². The molecule has 172 valence electrons. The van der Waals surface area contributed by atoms with Gasteiger partial charge in [0.25, 0.3) is 5.91 Å². The number of piperidine rings is 1. The molecule has 1 saturated heterocycles. The van der Waals surface area contributed by atoms with Crippen LogP contribution in [0.1, 0.15) is 54.9 Å². The third-order valence-electron chi connectivity index (χ3n) is 7.68. The molecule has 0 unspecified atom stereocenters. The molecule has 5 rings (SSSR count). The van der Waals surface area contributed by atoms with Gasteiger partial charge in [-0.15, -0.1) is 5.92 Å². The van der Waals surface area contributed by atoms with Gasteiger partial charge in [0.1, 0.15) is 5.82 Å². The van der Waals surface area contributed by atoms with Crippen molar-refractivity contribution in [2.75, 3.05) is 25.4 Å². The van der Waals surface area contributed by atoms with Crippen LogP contribution in [0.4, 0.5) is 5.82 Å². The Hall–Kier alpha value is -2.88. The molecule has 1 aliphatic heterocycles. The molecule has 2 heterocycles. The highest BCUT2D eigenvalue weighted by atomic mass is 16.3. The topological polar surface area (TPSA) is 91.5 Å². The first-order valence-electron chi connectivity index (χ1n) is 12.0. The molecule has 4 N–H and O–H groups in total. The van der Waals surface area contributed by atoms with Gasteiger partial charge in [0, 0.05) is 36.3 Å². The third kappa shape index (κ3) is 4.36. The first-order valence-corrected chi connectivity index (χ1v) is 12.0. The van der Waals surface area contributed by atoms with E-state index in [1.54, 1.807) is 6.20 Å². The molecule has 1 aromatic carbocycles. The predicted octanol–water partition coefficient (Wildman–Crippen LogP) is 2.96. The van der Waals surface area contributed by atoms with Crippen molar-refractivity contribution in [1.82, 2.24) is 15.2 Å². The van der Waals surface area contributed by atoms with E-state index in [2.05, 4.69) is 51.3 Å². The smallest absolute Gasteiger partial charge is 0.255 e. The number of likely N-dealkylation sites (tertiary alicyclic amines) is 1. The number of hydrogen-bond donors (Lipinski definition) is 3. The Balaban J connectivity index is 1.29. The van der Waals surface area contributed by atoms with Crippen molar-refractivity contribution < 1.29 is 9.90 Å². The van der Waals surface area contributed by atoms with Crippen LogP contribution in [0.15, 0.2) is 36.5 Å². The van der Waals surface area contributed by atoms with E-state index >= 15 is 0 Å². The van der Waals surface area contributed by atoms with E-state index in [1.807, 2.05) is 13.0 Å². The van der Waals surface area contributed by atoms with Gasteiger partial charge in [0.15, 0.2) is 0 Å². The number of amides is 1. The summed E-state index contributed by atoms with van der Waals surface area (Å²) in [4.78, 5) is 19.6. The highest BCUT2D eigenvalue weighted by molar-refractivity contribution is 5.99. The molecule has 0 radical (unpaired) electrons. The number of rotatable bonds is 5. The number of aliphatic hydroxyl groups is 1. The molecule has 6 nitrogen and oxygen atoms in total. The van der Waals surface area contributed by atoms with E-state index < -0.39 is 0 Å². The zero-order valence-electron chi connectivity index (χ0n) is 19.2. The van der Waals surface area contributed by atoms with Crippen LogP contribution in [0, 0.1) is 17.8 Å². The van der Waals surface area contributed by atoms with Crippen LogP contribution in [-0.4, -0.2) is 52.7 Å². The number of nitrogen functional groups attached to an aromatic ring is 1. The van der Waals surface area contributed by atoms with E-state index in [1.165, 1.54) is 12.0 Å². The minimum atomic E-state index is -0.251. The number of nitrogens with zero attached hydrogens (tertiary/aromatic N) is 2. The lowest BCUT2D eigenvalue weighted by atomic mass is 9.92. The maximum Gasteiger partial charge on any atom is 0.255 e. The fourth-order valence-electron chi connectivity index (χ4n) is 5.64. The molecule has 2 atom stereocenters.